The second kappa shape index (κ2) is 16.1. The Kier molecular flexibility index (Phi) is 11.6. The molecule has 5 aliphatic rings. The molecule has 296 valence electrons. The quantitative estimate of drug-likeness (QED) is 0.329. The summed E-state index contributed by atoms with van der Waals surface area (Å²) in [5.74, 6) is 0.179. The van der Waals surface area contributed by atoms with E-state index in [1.165, 1.54) is 26.5 Å². The van der Waals surface area contributed by atoms with E-state index in [1.807, 2.05) is 18.2 Å². The molecule has 4 saturated heterocycles. The molecule has 54 heavy (non-hydrogen) atoms. The van der Waals surface area contributed by atoms with Gasteiger partial charge >= 0.3 is 6.09 Å². The lowest BCUT2D eigenvalue weighted by Gasteiger charge is -2.55. The fourth-order valence-corrected chi connectivity index (χ4v) is 12.1. The maximum atomic E-state index is 15.1. The van der Waals surface area contributed by atoms with E-state index in [4.69, 9.17) is 9.47 Å². The third-order valence-electron chi connectivity index (χ3n) is 13.5. The number of methoxy groups -OCH3 is 2. The maximum Gasteiger partial charge on any atom is 0.407 e. The highest BCUT2D eigenvalue weighted by Gasteiger charge is 2.54. The first-order valence-corrected chi connectivity index (χ1v) is 21.5. The van der Waals surface area contributed by atoms with Gasteiger partial charge < -0.3 is 34.4 Å². The lowest BCUT2D eigenvalue weighted by molar-refractivity contribution is -0.129. The Morgan fingerprint density at radius 2 is 1.65 bits per heavy atom. The van der Waals surface area contributed by atoms with Crippen molar-refractivity contribution >= 4 is 27.5 Å². The Labute approximate surface area is 320 Å². The number of piperidine rings is 2. The molecule has 2 amide bonds. The SMILES string of the molecule is COC(=O)N[C@H]1CCC[C@@H]1C(CN1CCC1)(c1cccc(F)c1)C1CCN(CC2(OC)CN(c3ccc(S(=O)(=O)[C@@H]4CCCN(C(C)=O)C4)cc3)C2)CC1. The van der Waals surface area contributed by atoms with Crippen molar-refractivity contribution in [2.24, 2.45) is 11.8 Å². The second-order valence-electron chi connectivity index (χ2n) is 16.5. The zero-order chi connectivity index (χ0) is 38.1. The molecule has 4 aliphatic heterocycles. The number of hydrogen-bond acceptors (Lipinski definition) is 9. The molecule has 1 aliphatic carbocycles. The van der Waals surface area contributed by atoms with Crippen LogP contribution in [0, 0.1) is 17.7 Å². The van der Waals surface area contributed by atoms with Crippen LogP contribution in [0.4, 0.5) is 14.9 Å². The highest BCUT2D eigenvalue weighted by molar-refractivity contribution is 7.92. The number of anilines is 1. The number of likely N-dealkylation sites (tertiary alicyclic amines) is 3. The Hall–Kier alpha value is -3.26. The van der Waals surface area contributed by atoms with E-state index in [2.05, 4.69) is 26.1 Å². The van der Waals surface area contributed by atoms with Crippen molar-refractivity contribution in [2.75, 3.05) is 84.6 Å². The molecule has 11 nitrogen and oxygen atoms in total. The number of nitrogens with zero attached hydrogens (tertiary/aromatic N) is 4. The standard InChI is InChI=1S/C41H58FN5O6S/c1-30(48)46-21-6-10-36(25-46)54(50,51)35-15-13-34(14-16-35)47-27-40(28-47,53-3)26-45-22-17-31(18-23-45)41(29-44-19-7-20-44,32-8-4-9-33(42)24-32)37-11-5-12-38(37)43-39(49)52-2/h4,8-9,13-16,24,31,36-38H,5-7,10-12,17-23,25-29H2,1-3H3,(H,43,49)/t36-,37+,38+,41?/m1/s1. The molecule has 4 heterocycles. The number of sulfone groups is 1. The summed E-state index contributed by atoms with van der Waals surface area (Å²) in [6.07, 6.45) is 6.84. The summed E-state index contributed by atoms with van der Waals surface area (Å²) in [6.45, 7) is 9.32. The summed E-state index contributed by atoms with van der Waals surface area (Å²) in [4.78, 5) is 33.7. The van der Waals surface area contributed by atoms with Crippen LogP contribution in [-0.2, 0) is 29.5 Å². The molecule has 2 aromatic rings. The van der Waals surface area contributed by atoms with Gasteiger partial charge in [-0.25, -0.2) is 17.6 Å². The molecular weight excluding hydrogens is 710 g/mol. The van der Waals surface area contributed by atoms with Crippen LogP contribution < -0.4 is 10.2 Å². The molecule has 2 aromatic carbocycles. The van der Waals surface area contributed by atoms with Gasteiger partial charge in [0.15, 0.2) is 9.84 Å². The van der Waals surface area contributed by atoms with Gasteiger partial charge in [0.1, 0.15) is 11.4 Å². The topological polar surface area (TPSA) is 112 Å². The number of alkyl carbamates (subject to hydrolysis) is 1. The van der Waals surface area contributed by atoms with Crippen molar-refractivity contribution in [1.29, 1.82) is 0 Å². The van der Waals surface area contributed by atoms with E-state index in [1.54, 1.807) is 30.2 Å². The number of halogens is 1. The Balaban J connectivity index is 1.02. The second-order valence-corrected chi connectivity index (χ2v) is 18.8. The van der Waals surface area contributed by atoms with E-state index in [9.17, 15) is 18.0 Å². The molecule has 7 rings (SSSR count). The van der Waals surface area contributed by atoms with Gasteiger partial charge in [-0.15, -0.1) is 0 Å². The number of carbonyl (C=O) groups excluding carboxylic acids is 2. The molecule has 1 N–H and O–H groups in total. The number of hydrogen-bond donors (Lipinski definition) is 1. The summed E-state index contributed by atoms with van der Waals surface area (Å²) < 4.78 is 53.2. The third-order valence-corrected chi connectivity index (χ3v) is 15.7. The number of carbonyl (C=O) groups is 2. The zero-order valence-corrected chi connectivity index (χ0v) is 33.0. The summed E-state index contributed by atoms with van der Waals surface area (Å²) >= 11 is 0. The van der Waals surface area contributed by atoms with E-state index in [-0.39, 0.29) is 41.2 Å². The normalized spacial score (nSPS) is 26.4. The summed E-state index contributed by atoms with van der Waals surface area (Å²) in [5, 5.41) is 2.60. The fourth-order valence-electron chi connectivity index (χ4n) is 10.4. The van der Waals surface area contributed by atoms with Crippen LogP contribution in [0.25, 0.3) is 0 Å². The molecule has 1 saturated carbocycles. The molecule has 0 radical (unpaired) electrons. The van der Waals surface area contributed by atoms with Crippen LogP contribution in [-0.4, -0.2) is 132 Å². The summed E-state index contributed by atoms with van der Waals surface area (Å²) in [6, 6.07) is 14.4. The number of amides is 2. The first-order chi connectivity index (χ1) is 26.0. The van der Waals surface area contributed by atoms with Crippen molar-refractivity contribution in [3.63, 3.8) is 0 Å². The molecule has 4 atom stereocenters. The van der Waals surface area contributed by atoms with E-state index in [0.29, 0.717) is 43.3 Å². The Morgan fingerprint density at radius 1 is 0.907 bits per heavy atom. The molecule has 0 bridgehead atoms. The minimum atomic E-state index is -3.55. The number of rotatable bonds is 12. The fraction of sp³-hybridized carbons (Fsp3) is 0.659. The van der Waals surface area contributed by atoms with Crippen LogP contribution in [0.1, 0.15) is 63.9 Å². The van der Waals surface area contributed by atoms with E-state index in [0.717, 1.165) is 82.6 Å². The largest absolute Gasteiger partial charge is 0.453 e. The average Bonchev–Trinajstić information content (AvgIpc) is 3.61. The minimum Gasteiger partial charge on any atom is -0.453 e. The minimum absolute atomic E-state index is 0.0312. The third kappa shape index (κ3) is 7.75. The molecule has 13 heteroatoms. The van der Waals surface area contributed by atoms with Crippen molar-refractivity contribution < 1.29 is 31.9 Å². The molecule has 0 spiro atoms. The van der Waals surface area contributed by atoms with Gasteiger partial charge in [0.05, 0.1) is 30.3 Å². The molecule has 1 unspecified atom stereocenters. The van der Waals surface area contributed by atoms with Crippen LogP contribution in [0.15, 0.2) is 53.4 Å². The van der Waals surface area contributed by atoms with Gasteiger partial charge in [0, 0.05) is 57.4 Å². The van der Waals surface area contributed by atoms with Gasteiger partial charge in [-0.3, -0.25) is 4.79 Å². The first kappa shape index (κ1) is 39.0. The highest BCUT2D eigenvalue weighted by atomic mass is 32.2. The van der Waals surface area contributed by atoms with Crippen molar-refractivity contribution in [3.8, 4) is 0 Å². The van der Waals surface area contributed by atoms with Gasteiger partial charge in [0.25, 0.3) is 0 Å². The van der Waals surface area contributed by atoms with Crippen molar-refractivity contribution in [2.45, 2.75) is 85.5 Å². The summed E-state index contributed by atoms with van der Waals surface area (Å²) in [5.41, 5.74) is 1.36. The van der Waals surface area contributed by atoms with Crippen molar-refractivity contribution in [1.82, 2.24) is 20.0 Å². The maximum absolute atomic E-state index is 15.1. The predicted molar refractivity (Wildman–Crippen MR) is 206 cm³/mol. The predicted octanol–water partition coefficient (Wildman–Crippen LogP) is 4.70. The van der Waals surface area contributed by atoms with E-state index < -0.39 is 21.2 Å². The number of benzene rings is 2. The van der Waals surface area contributed by atoms with Gasteiger partial charge in [-0.05, 0) is 125 Å². The lowest BCUT2D eigenvalue weighted by Crippen LogP contribution is -2.68. The van der Waals surface area contributed by atoms with Crippen LogP contribution in [0.2, 0.25) is 0 Å². The molecule has 0 aromatic heterocycles. The monoisotopic (exact) mass is 767 g/mol. The number of nitrogens with one attached hydrogen (secondary N) is 1. The van der Waals surface area contributed by atoms with Crippen molar-refractivity contribution in [3.05, 3.63) is 59.9 Å². The van der Waals surface area contributed by atoms with Crippen LogP contribution >= 0.6 is 0 Å². The van der Waals surface area contributed by atoms with Gasteiger partial charge in [-0.1, -0.05) is 18.6 Å². The average molecular weight is 768 g/mol. The summed E-state index contributed by atoms with van der Waals surface area (Å²) in [7, 11) is -0.356. The highest BCUT2D eigenvalue weighted by Crippen LogP contribution is 2.51. The Bertz CT molecular complexity index is 1740. The van der Waals surface area contributed by atoms with Gasteiger partial charge in [-0.2, -0.15) is 0 Å². The zero-order valence-electron chi connectivity index (χ0n) is 32.2. The van der Waals surface area contributed by atoms with Crippen LogP contribution in [0.5, 0.6) is 0 Å². The molecular formula is C41H58FN5O6S. The smallest absolute Gasteiger partial charge is 0.407 e. The Morgan fingerprint density at radius 3 is 2.28 bits per heavy atom. The number of ether oxygens (including phenoxy) is 2. The van der Waals surface area contributed by atoms with Crippen LogP contribution in [0.3, 0.4) is 0 Å². The van der Waals surface area contributed by atoms with E-state index >= 15 is 4.39 Å². The first-order valence-electron chi connectivity index (χ1n) is 19.9. The lowest BCUT2D eigenvalue weighted by atomic mass is 9.57. The van der Waals surface area contributed by atoms with Gasteiger partial charge in [0.2, 0.25) is 5.91 Å². The molecule has 5 fully saturated rings.